The summed E-state index contributed by atoms with van der Waals surface area (Å²) in [6.07, 6.45) is 0.370. The average molecular weight is 376 g/mol. The number of hydrogen-bond acceptors (Lipinski definition) is 4. The van der Waals surface area contributed by atoms with Crippen LogP contribution in [0.2, 0.25) is 0 Å². The third-order valence-electron chi connectivity index (χ3n) is 4.04. The van der Waals surface area contributed by atoms with E-state index in [2.05, 4.69) is 10.6 Å². The summed E-state index contributed by atoms with van der Waals surface area (Å²) in [6, 6.07) is 8.03. The minimum Gasteiger partial charge on any atom is -0.445 e. The Morgan fingerprint density at radius 2 is 1.44 bits per heavy atom. The fourth-order valence-electron chi connectivity index (χ4n) is 2.68. The molecule has 0 aliphatic heterocycles. The second-order valence-electron chi connectivity index (χ2n) is 7.69. The van der Waals surface area contributed by atoms with Crippen molar-refractivity contribution in [2.24, 2.45) is 11.8 Å². The number of amides is 2. The molecule has 0 fully saturated rings. The first kappa shape index (κ1) is 22.7. The van der Waals surface area contributed by atoms with E-state index in [1.165, 1.54) is 6.92 Å². The van der Waals surface area contributed by atoms with Crippen LogP contribution in [-0.4, -0.2) is 29.9 Å². The molecule has 2 atom stereocenters. The summed E-state index contributed by atoms with van der Waals surface area (Å²) in [6.45, 7) is 9.51. The number of rotatable bonds is 10. The molecule has 150 valence electrons. The molecular weight excluding hydrogens is 344 g/mol. The highest BCUT2D eigenvalue weighted by molar-refractivity contribution is 5.91. The van der Waals surface area contributed by atoms with E-state index in [1.807, 2.05) is 58.0 Å². The first-order chi connectivity index (χ1) is 12.7. The highest BCUT2D eigenvalue weighted by Crippen LogP contribution is 2.10. The Kier molecular flexibility index (Phi) is 9.54. The first-order valence-electron chi connectivity index (χ1n) is 9.47. The van der Waals surface area contributed by atoms with Gasteiger partial charge in [-0.3, -0.25) is 9.59 Å². The van der Waals surface area contributed by atoms with Crippen molar-refractivity contribution in [3.63, 3.8) is 0 Å². The number of ether oxygens (including phenoxy) is 1. The van der Waals surface area contributed by atoms with Gasteiger partial charge < -0.3 is 15.4 Å². The van der Waals surface area contributed by atoms with Gasteiger partial charge in [-0.05, 0) is 37.2 Å². The van der Waals surface area contributed by atoms with Gasteiger partial charge in [-0.25, -0.2) is 4.79 Å². The number of alkyl carbamates (subject to hydrolysis) is 1. The van der Waals surface area contributed by atoms with Crippen LogP contribution in [0, 0.1) is 11.8 Å². The predicted molar refractivity (Wildman–Crippen MR) is 105 cm³/mol. The maximum Gasteiger partial charge on any atom is 0.408 e. The van der Waals surface area contributed by atoms with Crippen LogP contribution in [0.25, 0.3) is 0 Å². The number of benzene rings is 1. The predicted octanol–water partition coefficient (Wildman–Crippen LogP) is 3.45. The Hall–Kier alpha value is -2.37. The topological polar surface area (TPSA) is 84.5 Å². The molecule has 1 aromatic rings. The van der Waals surface area contributed by atoms with Crippen molar-refractivity contribution < 1.29 is 19.1 Å². The van der Waals surface area contributed by atoms with Crippen LogP contribution < -0.4 is 10.6 Å². The maximum atomic E-state index is 12.7. The molecule has 0 spiro atoms. The van der Waals surface area contributed by atoms with E-state index in [4.69, 9.17) is 4.74 Å². The summed E-state index contributed by atoms with van der Waals surface area (Å²) < 4.78 is 5.21. The lowest BCUT2D eigenvalue weighted by Crippen LogP contribution is -2.52. The lowest BCUT2D eigenvalue weighted by Gasteiger charge is -2.24. The van der Waals surface area contributed by atoms with E-state index < -0.39 is 18.2 Å². The summed E-state index contributed by atoms with van der Waals surface area (Å²) in [5, 5.41) is 5.41. The molecule has 0 aliphatic rings. The average Bonchev–Trinajstić information content (AvgIpc) is 2.58. The minimum absolute atomic E-state index is 0.0907. The molecule has 0 heterocycles. The summed E-state index contributed by atoms with van der Waals surface area (Å²) in [7, 11) is 0. The Labute approximate surface area is 162 Å². The zero-order chi connectivity index (χ0) is 20.4. The number of ketones is 1. The highest BCUT2D eigenvalue weighted by Gasteiger charge is 2.26. The second-order valence-corrected chi connectivity index (χ2v) is 7.69. The molecule has 27 heavy (non-hydrogen) atoms. The van der Waals surface area contributed by atoms with E-state index in [-0.39, 0.29) is 30.1 Å². The maximum absolute atomic E-state index is 12.7. The number of hydrogen-bond donors (Lipinski definition) is 2. The zero-order valence-electron chi connectivity index (χ0n) is 17.0. The number of carbonyl (C=O) groups is 3. The van der Waals surface area contributed by atoms with E-state index in [0.29, 0.717) is 12.8 Å². The third-order valence-corrected chi connectivity index (χ3v) is 4.04. The van der Waals surface area contributed by atoms with Crippen LogP contribution in [0.15, 0.2) is 30.3 Å². The molecule has 0 aromatic heterocycles. The molecule has 2 N–H and O–H groups in total. The Balaban J connectivity index is 2.68. The van der Waals surface area contributed by atoms with Gasteiger partial charge in [0.05, 0.1) is 6.04 Å². The SMILES string of the molecule is CC(=O)[C@H](CC(C)C)NC(=O)C(CC(C)C)NC(=O)OCc1ccccc1. The van der Waals surface area contributed by atoms with E-state index in [0.717, 1.165) is 5.56 Å². The fraction of sp³-hybridized carbons (Fsp3) is 0.571. The molecule has 0 bridgehead atoms. The van der Waals surface area contributed by atoms with Crippen molar-refractivity contribution in [1.29, 1.82) is 0 Å². The third kappa shape index (κ3) is 9.22. The van der Waals surface area contributed by atoms with Crippen LogP contribution in [0.1, 0.15) is 53.0 Å². The summed E-state index contributed by atoms with van der Waals surface area (Å²) in [4.78, 5) is 36.6. The van der Waals surface area contributed by atoms with E-state index >= 15 is 0 Å². The molecular formula is C21H32N2O4. The monoisotopic (exact) mass is 376 g/mol. The van der Waals surface area contributed by atoms with Crippen molar-refractivity contribution in [3.8, 4) is 0 Å². The quantitative estimate of drug-likeness (QED) is 0.655. The lowest BCUT2D eigenvalue weighted by atomic mass is 9.99. The zero-order valence-corrected chi connectivity index (χ0v) is 17.0. The van der Waals surface area contributed by atoms with Gasteiger partial charge in [-0.2, -0.15) is 0 Å². The van der Waals surface area contributed by atoms with Crippen molar-refractivity contribution in [2.45, 2.75) is 66.2 Å². The molecule has 0 radical (unpaired) electrons. The normalized spacial score (nSPS) is 13.1. The number of Topliss-reactive ketones (excluding diaryl/α,β-unsaturated/α-hetero) is 1. The number of nitrogens with one attached hydrogen (secondary N) is 2. The van der Waals surface area contributed by atoms with Crippen LogP contribution in [0.4, 0.5) is 4.79 Å². The standard InChI is InChI=1S/C21H32N2O4/c1-14(2)11-18(16(5)24)22-20(25)19(12-15(3)4)23-21(26)27-13-17-9-7-6-8-10-17/h6-10,14-15,18-19H,11-13H2,1-5H3,(H,22,25)(H,23,26)/t18-,19?/m0/s1. The summed E-state index contributed by atoms with van der Waals surface area (Å²) in [5.74, 6) is 0.0100. The van der Waals surface area contributed by atoms with Crippen molar-refractivity contribution in [1.82, 2.24) is 10.6 Å². The van der Waals surface area contributed by atoms with Gasteiger partial charge in [0.25, 0.3) is 0 Å². The van der Waals surface area contributed by atoms with E-state index in [9.17, 15) is 14.4 Å². The number of carbonyl (C=O) groups excluding carboxylic acids is 3. The van der Waals surface area contributed by atoms with E-state index in [1.54, 1.807) is 0 Å². The molecule has 1 aromatic carbocycles. The van der Waals surface area contributed by atoms with Crippen molar-refractivity contribution in [2.75, 3.05) is 0 Å². The molecule has 0 saturated heterocycles. The molecule has 6 nitrogen and oxygen atoms in total. The summed E-state index contributed by atoms with van der Waals surface area (Å²) in [5.41, 5.74) is 0.867. The van der Waals surface area contributed by atoms with Gasteiger partial charge >= 0.3 is 6.09 Å². The first-order valence-corrected chi connectivity index (χ1v) is 9.47. The largest absolute Gasteiger partial charge is 0.445 e. The Morgan fingerprint density at radius 3 is 1.96 bits per heavy atom. The van der Waals surface area contributed by atoms with Gasteiger partial charge in [-0.1, -0.05) is 58.0 Å². The van der Waals surface area contributed by atoms with Crippen LogP contribution >= 0.6 is 0 Å². The summed E-state index contributed by atoms with van der Waals surface area (Å²) >= 11 is 0. The van der Waals surface area contributed by atoms with Gasteiger partial charge in [-0.15, -0.1) is 0 Å². The Morgan fingerprint density at radius 1 is 0.889 bits per heavy atom. The highest BCUT2D eigenvalue weighted by atomic mass is 16.5. The Bertz CT molecular complexity index is 614. The van der Waals surface area contributed by atoms with Crippen LogP contribution in [-0.2, 0) is 20.9 Å². The molecule has 1 rings (SSSR count). The van der Waals surface area contributed by atoms with Gasteiger partial charge in [0.1, 0.15) is 12.6 Å². The van der Waals surface area contributed by atoms with Gasteiger partial charge in [0.15, 0.2) is 5.78 Å². The van der Waals surface area contributed by atoms with Gasteiger partial charge in [0, 0.05) is 0 Å². The molecule has 0 saturated carbocycles. The minimum atomic E-state index is -0.748. The smallest absolute Gasteiger partial charge is 0.408 e. The van der Waals surface area contributed by atoms with Crippen molar-refractivity contribution >= 4 is 17.8 Å². The second kappa shape index (κ2) is 11.4. The van der Waals surface area contributed by atoms with Gasteiger partial charge in [0.2, 0.25) is 5.91 Å². The molecule has 0 aliphatic carbocycles. The van der Waals surface area contributed by atoms with Crippen molar-refractivity contribution in [3.05, 3.63) is 35.9 Å². The molecule has 6 heteroatoms. The fourth-order valence-corrected chi connectivity index (χ4v) is 2.68. The molecule has 1 unspecified atom stereocenters. The van der Waals surface area contributed by atoms with Crippen LogP contribution in [0.3, 0.4) is 0 Å². The molecule has 2 amide bonds. The van der Waals surface area contributed by atoms with Crippen LogP contribution in [0.5, 0.6) is 0 Å². The lowest BCUT2D eigenvalue weighted by molar-refractivity contribution is -0.128.